The Bertz CT molecular complexity index is 1260. The molecule has 0 spiro atoms. The van der Waals surface area contributed by atoms with Gasteiger partial charge in [0.1, 0.15) is 11.4 Å². The van der Waals surface area contributed by atoms with Crippen LogP contribution in [0.15, 0.2) is 75.3 Å². The minimum absolute atomic E-state index is 0.0561. The number of carbonyl (C=O) groups excluding carboxylic acids is 1. The Labute approximate surface area is 169 Å². The molecule has 1 aliphatic heterocycles. The lowest BCUT2D eigenvalue weighted by Crippen LogP contribution is -2.31. The highest BCUT2D eigenvalue weighted by molar-refractivity contribution is 7.10. The van der Waals surface area contributed by atoms with Crippen LogP contribution in [0.4, 0.5) is 4.39 Å². The Morgan fingerprint density at radius 2 is 1.86 bits per heavy atom. The SMILES string of the molecule is O=C1c2oc3ccc(F)cc3c(=O)c2C(c2cccs2)N1CCc1ccccc1. The van der Waals surface area contributed by atoms with E-state index in [0.717, 1.165) is 10.4 Å². The van der Waals surface area contributed by atoms with E-state index in [-0.39, 0.29) is 28.1 Å². The minimum atomic E-state index is -0.523. The molecule has 0 saturated heterocycles. The summed E-state index contributed by atoms with van der Waals surface area (Å²) in [6, 6.07) is 16.9. The van der Waals surface area contributed by atoms with Crippen molar-refractivity contribution in [1.29, 1.82) is 0 Å². The van der Waals surface area contributed by atoms with Crippen molar-refractivity contribution in [2.75, 3.05) is 6.54 Å². The normalized spacial score (nSPS) is 15.8. The fraction of sp³-hybridized carbons (Fsp3) is 0.130. The second kappa shape index (κ2) is 6.97. The topological polar surface area (TPSA) is 50.5 Å². The molecule has 4 aromatic rings. The number of rotatable bonds is 4. The zero-order chi connectivity index (χ0) is 20.0. The number of nitrogens with zero attached hydrogens (tertiary/aromatic N) is 1. The van der Waals surface area contributed by atoms with Gasteiger partial charge in [-0.2, -0.15) is 0 Å². The van der Waals surface area contributed by atoms with Crippen molar-refractivity contribution in [3.05, 3.63) is 104 Å². The van der Waals surface area contributed by atoms with Gasteiger partial charge in [-0.05, 0) is 41.6 Å². The maximum absolute atomic E-state index is 13.7. The fourth-order valence-corrected chi connectivity index (χ4v) is 4.71. The highest BCUT2D eigenvalue weighted by atomic mass is 32.1. The van der Waals surface area contributed by atoms with E-state index in [1.807, 2.05) is 47.8 Å². The summed E-state index contributed by atoms with van der Waals surface area (Å²) in [5.74, 6) is -0.763. The smallest absolute Gasteiger partial charge is 0.290 e. The van der Waals surface area contributed by atoms with Crippen LogP contribution in [0.3, 0.4) is 0 Å². The Balaban J connectivity index is 1.64. The van der Waals surface area contributed by atoms with Gasteiger partial charge in [0.15, 0.2) is 5.43 Å². The summed E-state index contributed by atoms with van der Waals surface area (Å²) in [6.45, 7) is 0.444. The van der Waals surface area contributed by atoms with Gasteiger partial charge in [-0.1, -0.05) is 36.4 Å². The predicted octanol–water partition coefficient (Wildman–Crippen LogP) is 4.78. The number of hydrogen-bond donors (Lipinski definition) is 0. The Morgan fingerprint density at radius 3 is 2.62 bits per heavy atom. The first-order valence-electron chi connectivity index (χ1n) is 9.28. The largest absolute Gasteiger partial charge is 0.450 e. The standard InChI is InChI=1S/C23H16FNO3S/c24-15-8-9-17-16(13-15)21(26)19-20(18-7-4-12-29-18)25(23(27)22(19)28-17)11-10-14-5-2-1-3-6-14/h1-9,12-13,20H,10-11H2. The molecule has 4 nitrogen and oxygen atoms in total. The number of hydrogen-bond acceptors (Lipinski definition) is 4. The van der Waals surface area contributed by atoms with Crippen LogP contribution in [0, 0.1) is 5.82 Å². The van der Waals surface area contributed by atoms with E-state index in [1.54, 1.807) is 4.90 Å². The molecule has 1 atom stereocenters. The highest BCUT2D eigenvalue weighted by Gasteiger charge is 2.42. The van der Waals surface area contributed by atoms with Gasteiger partial charge in [0.25, 0.3) is 5.91 Å². The molecule has 1 unspecified atom stereocenters. The van der Waals surface area contributed by atoms with Gasteiger partial charge >= 0.3 is 0 Å². The molecule has 0 N–H and O–H groups in total. The summed E-state index contributed by atoms with van der Waals surface area (Å²) in [4.78, 5) is 29.0. The molecule has 6 heteroatoms. The number of halogens is 1. The summed E-state index contributed by atoms with van der Waals surface area (Å²) in [5, 5.41) is 2.07. The molecule has 1 amide bonds. The van der Waals surface area contributed by atoms with Crippen molar-refractivity contribution in [2.45, 2.75) is 12.5 Å². The average Bonchev–Trinajstić information content (AvgIpc) is 3.35. The lowest BCUT2D eigenvalue weighted by Gasteiger charge is -2.23. The van der Waals surface area contributed by atoms with Gasteiger partial charge in [0, 0.05) is 11.4 Å². The first-order chi connectivity index (χ1) is 14.1. The monoisotopic (exact) mass is 405 g/mol. The van der Waals surface area contributed by atoms with Crippen LogP contribution in [0.5, 0.6) is 0 Å². The van der Waals surface area contributed by atoms with Crippen LogP contribution in [-0.4, -0.2) is 17.4 Å². The van der Waals surface area contributed by atoms with E-state index in [0.29, 0.717) is 18.5 Å². The van der Waals surface area contributed by atoms with E-state index < -0.39 is 11.9 Å². The van der Waals surface area contributed by atoms with E-state index in [2.05, 4.69) is 0 Å². The van der Waals surface area contributed by atoms with Crippen LogP contribution in [-0.2, 0) is 6.42 Å². The number of benzene rings is 2. The van der Waals surface area contributed by atoms with E-state index in [1.165, 1.54) is 29.5 Å². The molecule has 2 aromatic carbocycles. The number of fused-ring (bicyclic) bond motifs is 2. The lowest BCUT2D eigenvalue weighted by molar-refractivity contribution is 0.0732. The van der Waals surface area contributed by atoms with Gasteiger partial charge in [-0.15, -0.1) is 11.3 Å². The van der Waals surface area contributed by atoms with Crippen LogP contribution in [0.2, 0.25) is 0 Å². The van der Waals surface area contributed by atoms with Crippen LogP contribution >= 0.6 is 11.3 Å². The molecule has 0 bridgehead atoms. The van der Waals surface area contributed by atoms with Gasteiger partial charge in [-0.25, -0.2) is 4.39 Å². The molecule has 0 aliphatic carbocycles. The van der Waals surface area contributed by atoms with Crippen molar-refractivity contribution in [3.63, 3.8) is 0 Å². The molecule has 29 heavy (non-hydrogen) atoms. The molecular formula is C23H16FNO3S. The molecule has 0 saturated carbocycles. The Hall–Kier alpha value is -3.25. The lowest BCUT2D eigenvalue weighted by atomic mass is 10.0. The van der Waals surface area contributed by atoms with Gasteiger partial charge in [0.2, 0.25) is 5.76 Å². The highest BCUT2D eigenvalue weighted by Crippen LogP contribution is 2.39. The molecular weight excluding hydrogens is 389 g/mol. The zero-order valence-corrected chi connectivity index (χ0v) is 16.1. The molecule has 3 heterocycles. The third kappa shape index (κ3) is 2.96. The first-order valence-corrected chi connectivity index (χ1v) is 10.2. The van der Waals surface area contributed by atoms with Crippen molar-refractivity contribution in [2.24, 2.45) is 0 Å². The van der Waals surface area contributed by atoms with Gasteiger partial charge < -0.3 is 9.32 Å². The molecule has 144 valence electrons. The van der Waals surface area contributed by atoms with Crippen molar-refractivity contribution < 1.29 is 13.6 Å². The van der Waals surface area contributed by atoms with E-state index >= 15 is 0 Å². The summed E-state index contributed by atoms with van der Waals surface area (Å²) in [6.07, 6.45) is 0.658. The second-order valence-corrected chi connectivity index (χ2v) is 7.95. The summed E-state index contributed by atoms with van der Waals surface area (Å²) >= 11 is 1.48. The summed E-state index contributed by atoms with van der Waals surface area (Å²) < 4.78 is 19.6. The molecule has 0 fully saturated rings. The van der Waals surface area contributed by atoms with Crippen molar-refractivity contribution in [3.8, 4) is 0 Å². The number of amides is 1. The fourth-order valence-electron chi connectivity index (χ4n) is 3.86. The molecule has 1 aliphatic rings. The van der Waals surface area contributed by atoms with Gasteiger partial charge in [-0.3, -0.25) is 9.59 Å². The van der Waals surface area contributed by atoms with E-state index in [9.17, 15) is 14.0 Å². The van der Waals surface area contributed by atoms with Gasteiger partial charge in [0.05, 0.1) is 17.0 Å². The van der Waals surface area contributed by atoms with Crippen LogP contribution in [0.25, 0.3) is 11.0 Å². The molecule has 5 rings (SSSR count). The van der Waals surface area contributed by atoms with Crippen molar-refractivity contribution >= 4 is 28.2 Å². The third-order valence-electron chi connectivity index (χ3n) is 5.22. The quantitative estimate of drug-likeness (QED) is 0.491. The number of carbonyl (C=O) groups is 1. The zero-order valence-electron chi connectivity index (χ0n) is 15.3. The van der Waals surface area contributed by atoms with Crippen LogP contribution in [0.1, 0.15) is 32.6 Å². The maximum Gasteiger partial charge on any atom is 0.290 e. The Morgan fingerprint density at radius 1 is 1.03 bits per heavy atom. The van der Waals surface area contributed by atoms with Crippen molar-refractivity contribution in [1.82, 2.24) is 4.90 Å². The molecule has 0 radical (unpaired) electrons. The summed E-state index contributed by atoms with van der Waals surface area (Å²) in [5.41, 5.74) is 1.27. The number of thiophene rings is 1. The second-order valence-electron chi connectivity index (χ2n) is 6.97. The van der Waals surface area contributed by atoms with Crippen LogP contribution < -0.4 is 5.43 Å². The summed E-state index contributed by atoms with van der Waals surface area (Å²) in [7, 11) is 0. The minimum Gasteiger partial charge on any atom is -0.450 e. The van der Waals surface area contributed by atoms with E-state index in [4.69, 9.17) is 4.42 Å². The first kappa shape index (κ1) is 17.8. The maximum atomic E-state index is 13.7. The Kier molecular flexibility index (Phi) is 4.28. The average molecular weight is 405 g/mol. The predicted molar refractivity (Wildman–Crippen MR) is 110 cm³/mol. The third-order valence-corrected chi connectivity index (χ3v) is 6.15. The molecule has 2 aromatic heterocycles.